The molecule has 3 amide bonds. The SMILES string of the molecule is NC(=O)CO.NC(=O)CO.O=C(CCl)Nc1c(I)c(C(=O)O)c(I)c(C(=O)O)c1I. The molecule has 1 aromatic rings. The van der Waals surface area contributed by atoms with Crippen LogP contribution in [0.15, 0.2) is 0 Å². The molecule has 0 fully saturated rings. The van der Waals surface area contributed by atoms with Crippen molar-refractivity contribution in [1.82, 2.24) is 0 Å². The number of carbonyl (C=O) groups is 5. The number of carboxylic acid groups (broad SMARTS) is 2. The number of aliphatic hydroxyl groups is 2. The van der Waals surface area contributed by atoms with Gasteiger partial charge in [-0.3, -0.25) is 14.4 Å². The number of hydrogen-bond acceptors (Lipinski definition) is 7. The first-order chi connectivity index (χ1) is 13.8. The van der Waals surface area contributed by atoms with Crippen LogP contribution in [0.3, 0.4) is 0 Å². The molecule has 0 spiro atoms. The molecule has 168 valence electrons. The van der Waals surface area contributed by atoms with Crippen molar-refractivity contribution >= 4 is 115 Å². The number of aromatic carboxylic acids is 2. The number of carboxylic acids is 2. The van der Waals surface area contributed by atoms with Gasteiger partial charge in [-0.1, -0.05) is 0 Å². The van der Waals surface area contributed by atoms with Crippen LogP contribution in [0.25, 0.3) is 0 Å². The third kappa shape index (κ3) is 10.8. The summed E-state index contributed by atoms with van der Waals surface area (Å²) < 4.78 is 0.625. The zero-order valence-electron chi connectivity index (χ0n) is 14.6. The average Bonchev–Trinajstić information content (AvgIpc) is 2.65. The number of carbonyl (C=O) groups excluding carboxylic acids is 3. The molecule has 0 saturated carbocycles. The average molecular weight is 785 g/mol. The van der Waals surface area contributed by atoms with Crippen LogP contribution < -0.4 is 16.8 Å². The van der Waals surface area contributed by atoms with Crippen LogP contribution in [-0.4, -0.2) is 69.2 Å². The molecular formula is C14H15ClI3N3O9. The minimum atomic E-state index is -1.26. The quantitative estimate of drug-likeness (QED) is 0.152. The van der Waals surface area contributed by atoms with Gasteiger partial charge in [-0.15, -0.1) is 11.6 Å². The molecule has 16 heteroatoms. The van der Waals surface area contributed by atoms with E-state index in [4.69, 9.17) is 21.8 Å². The van der Waals surface area contributed by atoms with Crippen LogP contribution in [0.5, 0.6) is 0 Å². The van der Waals surface area contributed by atoms with E-state index in [0.29, 0.717) is 0 Å². The zero-order valence-corrected chi connectivity index (χ0v) is 21.8. The van der Waals surface area contributed by atoms with E-state index in [1.54, 1.807) is 67.8 Å². The van der Waals surface area contributed by atoms with Crippen LogP contribution >= 0.6 is 79.4 Å². The number of primary amides is 2. The number of benzene rings is 1. The molecule has 0 atom stereocenters. The van der Waals surface area contributed by atoms with Crippen molar-refractivity contribution in [3.63, 3.8) is 0 Å². The first-order valence-corrected chi connectivity index (χ1v) is 10.8. The van der Waals surface area contributed by atoms with Gasteiger partial charge in [-0.05, 0) is 67.8 Å². The minimum absolute atomic E-state index is 0.111. The Kier molecular flexibility index (Phi) is 16.3. The molecule has 1 rings (SSSR count). The Hall–Kier alpha value is -1.03. The summed E-state index contributed by atoms with van der Waals surface area (Å²) in [6.45, 7) is -1.11. The molecule has 30 heavy (non-hydrogen) atoms. The predicted octanol–water partition coefficient (Wildman–Crippen LogP) is 0.00210. The van der Waals surface area contributed by atoms with E-state index in [2.05, 4.69) is 16.8 Å². The maximum Gasteiger partial charge on any atom is 0.337 e. The highest BCUT2D eigenvalue weighted by Gasteiger charge is 2.28. The third-order valence-corrected chi connectivity index (χ3v) is 5.92. The number of nitrogens with one attached hydrogen (secondary N) is 1. The number of amides is 3. The molecule has 0 saturated heterocycles. The van der Waals surface area contributed by atoms with Crippen molar-refractivity contribution in [1.29, 1.82) is 0 Å². The van der Waals surface area contributed by atoms with Crippen molar-refractivity contribution < 1.29 is 44.4 Å². The molecule has 0 aliphatic rings. The fourth-order valence-corrected chi connectivity index (χ4v) is 5.75. The van der Waals surface area contributed by atoms with E-state index in [0.717, 1.165) is 0 Å². The molecule has 0 aliphatic carbocycles. The first kappa shape index (κ1) is 31.2. The summed E-state index contributed by atoms with van der Waals surface area (Å²) in [5.74, 6) is -4.77. The standard InChI is InChI=1S/C10H5ClI3NO5.2C2H5NO2/c11-1-2(16)15-8-6(13)3(9(17)18)5(12)4(7(8)14)10(19)20;2*3-2(5)1-4/h1H2,(H,15,16)(H,17,18)(H,19,20);2*4H,1H2,(H2,3,5). The Bertz CT molecular complexity index is 782. The molecule has 0 bridgehead atoms. The van der Waals surface area contributed by atoms with Gasteiger partial charge in [-0.25, -0.2) is 9.59 Å². The molecule has 9 N–H and O–H groups in total. The van der Waals surface area contributed by atoms with E-state index in [1.165, 1.54) is 0 Å². The second-order valence-corrected chi connectivity index (χ2v) is 8.11. The number of hydrogen-bond donors (Lipinski definition) is 7. The topological polar surface area (TPSA) is 230 Å². The molecule has 0 radical (unpaired) electrons. The highest BCUT2D eigenvalue weighted by molar-refractivity contribution is 14.1. The lowest BCUT2D eigenvalue weighted by atomic mass is 10.1. The molecule has 0 aromatic heterocycles. The van der Waals surface area contributed by atoms with Crippen molar-refractivity contribution in [3.05, 3.63) is 21.8 Å². The van der Waals surface area contributed by atoms with Crippen LogP contribution in [-0.2, 0) is 14.4 Å². The van der Waals surface area contributed by atoms with Crippen LogP contribution in [0.1, 0.15) is 20.7 Å². The van der Waals surface area contributed by atoms with Crippen LogP contribution in [0.2, 0.25) is 0 Å². The summed E-state index contributed by atoms with van der Waals surface area (Å²) in [5.41, 5.74) is 8.63. The minimum Gasteiger partial charge on any atom is -0.478 e. The van der Waals surface area contributed by atoms with Gasteiger partial charge in [0.25, 0.3) is 0 Å². The highest BCUT2D eigenvalue weighted by Crippen LogP contribution is 2.35. The summed E-state index contributed by atoms with van der Waals surface area (Å²) in [7, 11) is 0. The molecule has 0 heterocycles. The Morgan fingerprint density at radius 1 is 0.800 bits per heavy atom. The Labute approximate surface area is 215 Å². The van der Waals surface area contributed by atoms with Gasteiger partial charge in [0, 0.05) is 3.57 Å². The third-order valence-electron chi connectivity index (χ3n) is 2.44. The predicted molar refractivity (Wildman–Crippen MR) is 130 cm³/mol. The lowest BCUT2D eigenvalue weighted by molar-refractivity contribution is -0.121. The van der Waals surface area contributed by atoms with E-state index < -0.39 is 42.9 Å². The molecular weight excluding hydrogens is 770 g/mol. The molecule has 0 unspecified atom stereocenters. The maximum atomic E-state index is 11.4. The second kappa shape index (κ2) is 15.7. The molecule has 0 aliphatic heterocycles. The van der Waals surface area contributed by atoms with Crippen molar-refractivity contribution in [2.75, 3.05) is 24.4 Å². The fourth-order valence-electron chi connectivity index (χ4n) is 1.32. The van der Waals surface area contributed by atoms with E-state index in [1.807, 2.05) is 0 Å². The van der Waals surface area contributed by atoms with Gasteiger partial charge in [0.15, 0.2) is 0 Å². The number of aliphatic hydroxyl groups excluding tert-OH is 2. The summed E-state index contributed by atoms with van der Waals surface area (Å²) in [6.07, 6.45) is 0. The van der Waals surface area contributed by atoms with Crippen molar-refractivity contribution in [3.8, 4) is 0 Å². The maximum absolute atomic E-state index is 11.4. The lowest BCUT2D eigenvalue weighted by Gasteiger charge is -2.15. The summed E-state index contributed by atoms with van der Waals surface area (Å²) in [6, 6.07) is 0. The Morgan fingerprint density at radius 2 is 1.10 bits per heavy atom. The van der Waals surface area contributed by atoms with Gasteiger partial charge in [0.1, 0.15) is 19.1 Å². The fraction of sp³-hybridized carbons (Fsp3) is 0.214. The largest absolute Gasteiger partial charge is 0.478 e. The smallest absolute Gasteiger partial charge is 0.337 e. The van der Waals surface area contributed by atoms with Gasteiger partial charge < -0.3 is 37.2 Å². The number of alkyl halides is 1. The van der Waals surface area contributed by atoms with Gasteiger partial charge in [0.2, 0.25) is 17.7 Å². The molecule has 1 aromatic carbocycles. The van der Waals surface area contributed by atoms with Gasteiger partial charge >= 0.3 is 11.9 Å². The highest BCUT2D eigenvalue weighted by atomic mass is 127. The van der Waals surface area contributed by atoms with Crippen molar-refractivity contribution in [2.24, 2.45) is 11.5 Å². The monoisotopic (exact) mass is 785 g/mol. The summed E-state index contributed by atoms with van der Waals surface area (Å²) >= 11 is 10.6. The zero-order chi connectivity index (χ0) is 24.2. The lowest BCUT2D eigenvalue weighted by Crippen LogP contribution is -2.20. The molecule has 12 nitrogen and oxygen atoms in total. The Morgan fingerprint density at radius 3 is 1.30 bits per heavy atom. The van der Waals surface area contributed by atoms with Gasteiger partial charge in [-0.2, -0.15) is 0 Å². The van der Waals surface area contributed by atoms with E-state index >= 15 is 0 Å². The van der Waals surface area contributed by atoms with Gasteiger partial charge in [0.05, 0.1) is 24.0 Å². The van der Waals surface area contributed by atoms with Crippen molar-refractivity contribution in [2.45, 2.75) is 0 Å². The van der Waals surface area contributed by atoms with E-state index in [9.17, 15) is 34.2 Å². The number of anilines is 1. The number of halogens is 4. The second-order valence-electron chi connectivity index (χ2n) is 4.61. The number of rotatable bonds is 6. The first-order valence-electron chi connectivity index (χ1n) is 7.07. The Balaban J connectivity index is 0. The van der Waals surface area contributed by atoms with Crippen LogP contribution in [0, 0.1) is 10.7 Å². The summed E-state index contributed by atoms with van der Waals surface area (Å²) in [5, 5.41) is 36.2. The normalized spacial score (nSPS) is 9.27. The summed E-state index contributed by atoms with van der Waals surface area (Å²) in [4.78, 5) is 52.7. The van der Waals surface area contributed by atoms with E-state index in [-0.39, 0.29) is 33.4 Å². The van der Waals surface area contributed by atoms with Crippen LogP contribution in [0.4, 0.5) is 5.69 Å². The number of nitrogens with two attached hydrogens (primary N) is 2.